The molecule has 2 rings (SSSR count). The second-order valence-corrected chi connectivity index (χ2v) is 3.40. The Morgan fingerprint density at radius 1 is 1.11 bits per heavy atom. The molecule has 2 nitrogen and oxygen atoms in total. The third-order valence-corrected chi connectivity index (χ3v) is 2.75. The number of hydrogen-bond acceptors (Lipinski definition) is 2. The van der Waals surface area contributed by atoms with Crippen LogP contribution in [-0.4, -0.2) is 18.1 Å². The summed E-state index contributed by atoms with van der Waals surface area (Å²) in [7, 11) is 0. The predicted octanol–water partition coefficient (Wildman–Crippen LogP) is 0.592. The van der Waals surface area contributed by atoms with Crippen LogP contribution in [0.5, 0.6) is 0 Å². The normalized spacial score (nSPS) is 43.7. The maximum Gasteiger partial charge on any atom is 0.0160 e. The fraction of sp³-hybridized carbons (Fsp3) is 1.00. The van der Waals surface area contributed by atoms with Gasteiger partial charge >= 0.3 is 0 Å². The second-order valence-electron chi connectivity index (χ2n) is 3.40. The topological polar surface area (TPSA) is 29.3 Å². The minimum absolute atomic E-state index is 0.954. The van der Waals surface area contributed by atoms with E-state index in [9.17, 15) is 0 Å². The Hall–Kier alpha value is -0.0800. The molecule has 0 spiro atoms. The maximum atomic E-state index is 5.66. The molecule has 2 N–H and O–H groups in total. The molecule has 0 unspecified atom stereocenters. The van der Waals surface area contributed by atoms with E-state index in [0.29, 0.717) is 0 Å². The molecule has 9 heavy (non-hydrogen) atoms. The SMILES string of the molecule is NN1C[C@@H]2CCC[C@H]2C1. The molecule has 2 aliphatic rings. The van der Waals surface area contributed by atoms with Gasteiger partial charge in [-0.3, -0.25) is 5.84 Å². The van der Waals surface area contributed by atoms with Gasteiger partial charge in [-0.05, 0) is 24.7 Å². The summed E-state index contributed by atoms with van der Waals surface area (Å²) in [5.41, 5.74) is 0. The van der Waals surface area contributed by atoms with Gasteiger partial charge in [-0.15, -0.1) is 0 Å². The van der Waals surface area contributed by atoms with Crippen LogP contribution in [-0.2, 0) is 0 Å². The summed E-state index contributed by atoms with van der Waals surface area (Å²) in [6.07, 6.45) is 4.31. The van der Waals surface area contributed by atoms with Crippen molar-refractivity contribution >= 4 is 0 Å². The third kappa shape index (κ3) is 0.864. The third-order valence-electron chi connectivity index (χ3n) is 2.75. The Kier molecular flexibility index (Phi) is 1.24. The van der Waals surface area contributed by atoms with Crippen LogP contribution in [0.1, 0.15) is 19.3 Å². The highest BCUT2D eigenvalue weighted by atomic mass is 15.4. The minimum Gasteiger partial charge on any atom is -0.269 e. The highest BCUT2D eigenvalue weighted by Gasteiger charge is 2.34. The van der Waals surface area contributed by atoms with Gasteiger partial charge in [0.25, 0.3) is 0 Å². The van der Waals surface area contributed by atoms with Gasteiger partial charge in [-0.1, -0.05) is 6.42 Å². The largest absolute Gasteiger partial charge is 0.269 e. The smallest absolute Gasteiger partial charge is 0.0160 e. The second kappa shape index (κ2) is 1.96. The summed E-state index contributed by atoms with van der Waals surface area (Å²) >= 11 is 0. The van der Waals surface area contributed by atoms with Crippen LogP contribution < -0.4 is 5.84 Å². The predicted molar refractivity (Wildman–Crippen MR) is 36.6 cm³/mol. The van der Waals surface area contributed by atoms with E-state index < -0.39 is 0 Å². The van der Waals surface area contributed by atoms with Crippen LogP contribution in [0.25, 0.3) is 0 Å². The van der Waals surface area contributed by atoms with Gasteiger partial charge in [0.1, 0.15) is 0 Å². The number of nitrogens with two attached hydrogens (primary N) is 1. The first-order valence-corrected chi connectivity index (χ1v) is 3.86. The van der Waals surface area contributed by atoms with E-state index in [1.807, 2.05) is 5.01 Å². The molecule has 0 aromatic heterocycles. The lowest BCUT2D eigenvalue weighted by Gasteiger charge is -2.06. The van der Waals surface area contributed by atoms with E-state index in [2.05, 4.69) is 0 Å². The van der Waals surface area contributed by atoms with Crippen molar-refractivity contribution in [2.24, 2.45) is 17.7 Å². The van der Waals surface area contributed by atoms with Gasteiger partial charge < -0.3 is 0 Å². The lowest BCUT2D eigenvalue weighted by molar-refractivity contribution is 0.324. The average molecular weight is 126 g/mol. The molecule has 0 amide bonds. The molecule has 1 saturated carbocycles. The molecule has 1 aliphatic carbocycles. The number of rotatable bonds is 0. The summed E-state index contributed by atoms with van der Waals surface area (Å²) < 4.78 is 0. The van der Waals surface area contributed by atoms with Gasteiger partial charge in [-0.2, -0.15) is 0 Å². The van der Waals surface area contributed by atoms with Crippen molar-refractivity contribution in [3.05, 3.63) is 0 Å². The van der Waals surface area contributed by atoms with Crippen LogP contribution in [0.2, 0.25) is 0 Å². The van der Waals surface area contributed by atoms with Crippen LogP contribution in [0, 0.1) is 11.8 Å². The van der Waals surface area contributed by atoms with Crippen molar-refractivity contribution in [1.82, 2.24) is 5.01 Å². The molecular formula is C7H14N2. The van der Waals surface area contributed by atoms with Crippen molar-refractivity contribution in [3.63, 3.8) is 0 Å². The Labute approximate surface area is 56.0 Å². The van der Waals surface area contributed by atoms with Gasteiger partial charge in [0.15, 0.2) is 0 Å². The van der Waals surface area contributed by atoms with Crippen molar-refractivity contribution in [2.45, 2.75) is 19.3 Å². The number of fused-ring (bicyclic) bond motifs is 1. The highest BCUT2D eigenvalue weighted by molar-refractivity contribution is 4.86. The van der Waals surface area contributed by atoms with E-state index in [-0.39, 0.29) is 0 Å². The monoisotopic (exact) mass is 126 g/mol. The van der Waals surface area contributed by atoms with Crippen LogP contribution in [0.3, 0.4) is 0 Å². The first-order chi connectivity index (χ1) is 4.36. The summed E-state index contributed by atoms with van der Waals surface area (Å²) in [5.74, 6) is 7.57. The highest BCUT2D eigenvalue weighted by Crippen LogP contribution is 2.36. The first-order valence-electron chi connectivity index (χ1n) is 3.86. The fourth-order valence-electron chi connectivity index (χ4n) is 2.27. The molecule has 52 valence electrons. The summed E-state index contributed by atoms with van der Waals surface area (Å²) in [4.78, 5) is 0. The Morgan fingerprint density at radius 3 is 2.22 bits per heavy atom. The van der Waals surface area contributed by atoms with Gasteiger partial charge in [0.2, 0.25) is 0 Å². The molecule has 2 atom stereocenters. The van der Waals surface area contributed by atoms with E-state index in [4.69, 9.17) is 5.84 Å². The number of hydrazine groups is 1. The molecule has 2 fully saturated rings. The zero-order chi connectivity index (χ0) is 6.27. The summed E-state index contributed by atoms with van der Waals surface area (Å²) in [5, 5.41) is 1.98. The van der Waals surface area contributed by atoms with E-state index in [1.165, 1.54) is 19.3 Å². The molecule has 0 radical (unpaired) electrons. The van der Waals surface area contributed by atoms with Gasteiger partial charge in [0.05, 0.1) is 0 Å². The minimum atomic E-state index is 0.954. The van der Waals surface area contributed by atoms with E-state index in [0.717, 1.165) is 24.9 Å². The van der Waals surface area contributed by atoms with Gasteiger partial charge in [0, 0.05) is 13.1 Å². The summed E-state index contributed by atoms with van der Waals surface area (Å²) in [6.45, 7) is 2.31. The Morgan fingerprint density at radius 2 is 1.67 bits per heavy atom. The van der Waals surface area contributed by atoms with Gasteiger partial charge in [-0.25, -0.2) is 5.01 Å². The lowest BCUT2D eigenvalue weighted by atomic mass is 10.0. The Bertz CT molecular complexity index is 101. The maximum absolute atomic E-state index is 5.66. The Balaban J connectivity index is 2.02. The molecule has 0 bridgehead atoms. The molecule has 1 aliphatic heterocycles. The molecule has 0 aromatic carbocycles. The molecule has 1 saturated heterocycles. The van der Waals surface area contributed by atoms with E-state index in [1.54, 1.807) is 0 Å². The van der Waals surface area contributed by atoms with Crippen LogP contribution in [0.4, 0.5) is 0 Å². The summed E-state index contributed by atoms with van der Waals surface area (Å²) in [6, 6.07) is 0. The van der Waals surface area contributed by atoms with Crippen molar-refractivity contribution in [3.8, 4) is 0 Å². The van der Waals surface area contributed by atoms with Crippen molar-refractivity contribution in [1.29, 1.82) is 0 Å². The zero-order valence-corrected chi connectivity index (χ0v) is 5.71. The van der Waals surface area contributed by atoms with Crippen LogP contribution in [0.15, 0.2) is 0 Å². The number of nitrogens with zero attached hydrogens (tertiary/aromatic N) is 1. The standard InChI is InChI=1S/C7H14N2/c8-9-4-6-2-1-3-7(6)5-9/h6-7H,1-5,8H2/t6-,7-/m0/s1. The lowest BCUT2D eigenvalue weighted by Crippen LogP contribution is -2.28. The molecule has 2 heteroatoms. The van der Waals surface area contributed by atoms with Crippen LogP contribution >= 0.6 is 0 Å². The number of hydrogen-bond donors (Lipinski definition) is 1. The zero-order valence-electron chi connectivity index (χ0n) is 5.71. The first kappa shape index (κ1) is 5.69. The molecule has 0 aromatic rings. The molecule has 1 heterocycles. The van der Waals surface area contributed by atoms with E-state index >= 15 is 0 Å². The quantitative estimate of drug-likeness (QED) is 0.481. The molecular weight excluding hydrogens is 112 g/mol. The fourth-order valence-corrected chi connectivity index (χ4v) is 2.27. The van der Waals surface area contributed by atoms with Crippen molar-refractivity contribution < 1.29 is 0 Å². The van der Waals surface area contributed by atoms with Crippen molar-refractivity contribution in [2.75, 3.05) is 13.1 Å². The average Bonchev–Trinajstić information content (AvgIpc) is 2.22.